The van der Waals surface area contributed by atoms with Gasteiger partial charge >= 0.3 is 0 Å². The minimum absolute atomic E-state index is 0.151. The molecule has 1 aliphatic rings. The quantitative estimate of drug-likeness (QED) is 0.889. The number of nitrogens with zero attached hydrogens (tertiary/aromatic N) is 3. The highest BCUT2D eigenvalue weighted by Gasteiger charge is 2.30. The summed E-state index contributed by atoms with van der Waals surface area (Å²) in [5.74, 6) is 1.45. The van der Waals surface area contributed by atoms with Gasteiger partial charge in [0, 0.05) is 6.07 Å². The van der Waals surface area contributed by atoms with Crippen LogP contribution < -0.4 is 10.1 Å². The van der Waals surface area contributed by atoms with Crippen LogP contribution in [0, 0.1) is 17.2 Å². The number of nitriles is 1. The first-order valence-electron chi connectivity index (χ1n) is 7.64. The first-order chi connectivity index (χ1) is 11.2. The van der Waals surface area contributed by atoms with Gasteiger partial charge in [0.25, 0.3) is 5.91 Å². The second-order valence-electron chi connectivity index (χ2n) is 5.68. The Morgan fingerprint density at radius 2 is 2.26 bits per heavy atom. The van der Waals surface area contributed by atoms with Crippen LogP contribution in [0.15, 0.2) is 36.5 Å². The summed E-state index contributed by atoms with van der Waals surface area (Å²) in [5, 5.41) is 16.1. The van der Waals surface area contributed by atoms with E-state index in [9.17, 15) is 4.79 Å². The molecule has 3 rings (SSSR count). The van der Waals surface area contributed by atoms with Crippen LogP contribution in [0.4, 0.5) is 5.82 Å². The normalized spacial score (nSPS) is 14.8. The van der Waals surface area contributed by atoms with Crippen molar-refractivity contribution in [2.24, 2.45) is 5.92 Å². The number of carbonyl (C=O) groups excluding carboxylic acids is 1. The van der Waals surface area contributed by atoms with Gasteiger partial charge in [-0.05, 0) is 37.8 Å². The molecule has 1 aromatic heterocycles. The van der Waals surface area contributed by atoms with Crippen molar-refractivity contribution < 1.29 is 9.53 Å². The molecule has 2 aromatic rings. The summed E-state index contributed by atoms with van der Waals surface area (Å²) < 4.78 is 7.28. The maximum absolute atomic E-state index is 12.1. The van der Waals surface area contributed by atoms with Gasteiger partial charge in [-0.1, -0.05) is 12.1 Å². The maximum atomic E-state index is 12.1. The summed E-state index contributed by atoms with van der Waals surface area (Å²) in [4.78, 5) is 12.1. The molecular weight excluding hydrogens is 292 g/mol. The van der Waals surface area contributed by atoms with Gasteiger partial charge in [0.05, 0.1) is 17.8 Å². The van der Waals surface area contributed by atoms with E-state index >= 15 is 0 Å². The average Bonchev–Trinajstić information content (AvgIpc) is 3.32. The third-order valence-corrected chi connectivity index (χ3v) is 3.99. The fraction of sp³-hybridized carbons (Fsp3) is 0.353. The Kier molecular flexibility index (Phi) is 4.29. The molecule has 0 spiro atoms. The minimum Gasteiger partial charge on any atom is -0.482 e. The lowest BCUT2D eigenvalue weighted by Gasteiger charge is -2.15. The van der Waals surface area contributed by atoms with Crippen molar-refractivity contribution in [2.45, 2.75) is 25.8 Å². The first-order valence-corrected chi connectivity index (χ1v) is 7.64. The third-order valence-electron chi connectivity index (χ3n) is 3.99. The Morgan fingerprint density at radius 3 is 3.00 bits per heavy atom. The molecule has 1 aromatic carbocycles. The number of hydrogen-bond donors (Lipinski definition) is 1. The van der Waals surface area contributed by atoms with Gasteiger partial charge in [-0.2, -0.15) is 10.4 Å². The van der Waals surface area contributed by atoms with Crippen molar-refractivity contribution in [1.29, 1.82) is 5.26 Å². The number of rotatable bonds is 6. The molecule has 23 heavy (non-hydrogen) atoms. The van der Waals surface area contributed by atoms with E-state index in [4.69, 9.17) is 10.00 Å². The van der Waals surface area contributed by atoms with Crippen LogP contribution in [0.25, 0.3) is 0 Å². The summed E-state index contributed by atoms with van der Waals surface area (Å²) in [6.07, 6.45) is 4.10. The molecule has 0 radical (unpaired) electrons. The van der Waals surface area contributed by atoms with Gasteiger partial charge in [0.2, 0.25) is 0 Å². The summed E-state index contributed by atoms with van der Waals surface area (Å²) >= 11 is 0. The average molecular weight is 310 g/mol. The Bertz CT molecular complexity index is 743. The number of aromatic nitrogens is 2. The SMILES string of the molecule is CC(C1CC1)n1nccc1NC(=O)COc1ccccc1C#N. The molecule has 1 unspecified atom stereocenters. The second kappa shape index (κ2) is 6.53. The fourth-order valence-electron chi connectivity index (χ4n) is 2.52. The largest absolute Gasteiger partial charge is 0.482 e. The second-order valence-corrected chi connectivity index (χ2v) is 5.68. The molecule has 1 saturated carbocycles. The molecule has 0 saturated heterocycles. The van der Waals surface area contributed by atoms with E-state index in [1.807, 2.05) is 10.8 Å². The van der Waals surface area contributed by atoms with Gasteiger partial charge in [-0.25, -0.2) is 4.68 Å². The Hall–Kier alpha value is -2.81. The zero-order valence-corrected chi connectivity index (χ0v) is 12.9. The third kappa shape index (κ3) is 3.51. The van der Waals surface area contributed by atoms with Crippen molar-refractivity contribution in [2.75, 3.05) is 11.9 Å². The van der Waals surface area contributed by atoms with Gasteiger partial charge < -0.3 is 10.1 Å². The molecule has 6 nitrogen and oxygen atoms in total. The monoisotopic (exact) mass is 310 g/mol. The summed E-state index contributed by atoms with van der Waals surface area (Å²) in [6.45, 7) is 1.96. The fourth-order valence-corrected chi connectivity index (χ4v) is 2.52. The molecule has 1 fully saturated rings. The molecule has 0 aliphatic heterocycles. The van der Waals surface area contributed by atoms with Crippen LogP contribution in [0.1, 0.15) is 31.4 Å². The van der Waals surface area contributed by atoms with E-state index in [-0.39, 0.29) is 18.6 Å². The molecule has 1 N–H and O–H groups in total. The summed E-state index contributed by atoms with van der Waals surface area (Å²) in [6, 6.07) is 10.9. The van der Waals surface area contributed by atoms with Crippen LogP contribution in [-0.2, 0) is 4.79 Å². The molecule has 1 atom stereocenters. The molecule has 6 heteroatoms. The molecule has 118 valence electrons. The number of para-hydroxylation sites is 1. The van der Waals surface area contributed by atoms with E-state index in [0.717, 1.165) is 0 Å². The lowest BCUT2D eigenvalue weighted by Crippen LogP contribution is -2.23. The van der Waals surface area contributed by atoms with Gasteiger partial charge in [-0.3, -0.25) is 4.79 Å². The van der Waals surface area contributed by atoms with Crippen molar-refractivity contribution in [3.05, 3.63) is 42.1 Å². The van der Waals surface area contributed by atoms with Gasteiger partial charge in [-0.15, -0.1) is 0 Å². The number of benzene rings is 1. The zero-order chi connectivity index (χ0) is 16.2. The van der Waals surface area contributed by atoms with Crippen LogP contribution in [0.2, 0.25) is 0 Å². The minimum atomic E-state index is -0.275. The number of ether oxygens (including phenoxy) is 1. The molecular formula is C17H18N4O2. The zero-order valence-electron chi connectivity index (χ0n) is 12.9. The topological polar surface area (TPSA) is 79.9 Å². The number of anilines is 1. The van der Waals surface area contributed by atoms with Gasteiger partial charge in [0.15, 0.2) is 6.61 Å². The molecule has 1 amide bonds. The van der Waals surface area contributed by atoms with E-state index in [1.54, 1.807) is 36.5 Å². The van der Waals surface area contributed by atoms with Crippen LogP contribution >= 0.6 is 0 Å². The predicted molar refractivity (Wildman–Crippen MR) is 84.9 cm³/mol. The van der Waals surface area contributed by atoms with E-state index in [2.05, 4.69) is 17.3 Å². The van der Waals surface area contributed by atoms with Crippen molar-refractivity contribution in [3.63, 3.8) is 0 Å². The highest BCUT2D eigenvalue weighted by molar-refractivity contribution is 5.91. The summed E-state index contributed by atoms with van der Waals surface area (Å²) in [7, 11) is 0. The Balaban J connectivity index is 1.60. The van der Waals surface area contributed by atoms with Crippen LogP contribution in [0.5, 0.6) is 5.75 Å². The molecule has 0 bridgehead atoms. The van der Waals surface area contributed by atoms with E-state index < -0.39 is 0 Å². The lowest BCUT2D eigenvalue weighted by atomic mass is 10.2. The summed E-state index contributed by atoms with van der Waals surface area (Å²) in [5.41, 5.74) is 0.410. The number of nitrogens with one attached hydrogen (secondary N) is 1. The highest BCUT2D eigenvalue weighted by Crippen LogP contribution is 2.40. The number of hydrogen-bond acceptors (Lipinski definition) is 4. The predicted octanol–water partition coefficient (Wildman–Crippen LogP) is 2.74. The van der Waals surface area contributed by atoms with E-state index in [0.29, 0.717) is 23.0 Å². The van der Waals surface area contributed by atoms with Crippen molar-refractivity contribution >= 4 is 11.7 Å². The Morgan fingerprint density at radius 1 is 1.48 bits per heavy atom. The van der Waals surface area contributed by atoms with Crippen molar-refractivity contribution in [1.82, 2.24) is 9.78 Å². The molecule has 1 heterocycles. The standard InChI is InChI=1S/C17H18N4O2/c1-12(13-6-7-13)21-16(8-9-19-21)20-17(22)11-23-15-5-3-2-4-14(15)10-18/h2-5,8-9,12-13H,6-7,11H2,1H3,(H,20,22). The lowest BCUT2D eigenvalue weighted by molar-refractivity contribution is -0.118. The Labute approximate surface area is 134 Å². The van der Waals surface area contributed by atoms with Crippen molar-refractivity contribution in [3.8, 4) is 11.8 Å². The van der Waals surface area contributed by atoms with E-state index in [1.165, 1.54) is 12.8 Å². The maximum Gasteiger partial charge on any atom is 0.263 e. The van der Waals surface area contributed by atoms with Gasteiger partial charge in [0.1, 0.15) is 17.6 Å². The molecule has 1 aliphatic carbocycles. The number of carbonyl (C=O) groups is 1. The first kappa shape index (κ1) is 15.1. The smallest absolute Gasteiger partial charge is 0.263 e. The van der Waals surface area contributed by atoms with Crippen LogP contribution in [0.3, 0.4) is 0 Å². The number of amides is 1. The highest BCUT2D eigenvalue weighted by atomic mass is 16.5. The van der Waals surface area contributed by atoms with Crippen LogP contribution in [-0.4, -0.2) is 22.3 Å².